The summed E-state index contributed by atoms with van der Waals surface area (Å²) in [4.78, 5) is 9.55. The van der Waals surface area contributed by atoms with Gasteiger partial charge in [-0.3, -0.25) is 4.79 Å². The molecule has 19 heavy (non-hydrogen) atoms. The van der Waals surface area contributed by atoms with Crippen molar-refractivity contribution in [1.82, 2.24) is 4.72 Å². The van der Waals surface area contributed by atoms with E-state index in [1.54, 1.807) is 0 Å². The molecule has 1 aromatic carbocycles. The zero-order valence-corrected chi connectivity index (χ0v) is 11.9. The predicted molar refractivity (Wildman–Crippen MR) is 66.1 cm³/mol. The van der Waals surface area contributed by atoms with Crippen LogP contribution in [0.1, 0.15) is 12.8 Å². The predicted octanol–water partition coefficient (Wildman–Crippen LogP) is 1.87. The summed E-state index contributed by atoms with van der Waals surface area (Å²) in [5.74, 6) is -3.19. The molecule has 0 spiro atoms. The molecule has 0 saturated heterocycles. The second-order valence-corrected chi connectivity index (χ2v) is 6.18. The van der Waals surface area contributed by atoms with E-state index in [1.807, 2.05) is 4.72 Å². The number of rotatable bonds is 6. The van der Waals surface area contributed by atoms with Gasteiger partial charge in [0.1, 0.15) is 16.5 Å². The maximum absolute atomic E-state index is 13.4. The average Bonchev–Trinajstić information content (AvgIpc) is 2.29. The lowest BCUT2D eigenvalue weighted by molar-refractivity contribution is -0.137. The molecule has 0 atom stereocenters. The van der Waals surface area contributed by atoms with Gasteiger partial charge in [0.25, 0.3) is 0 Å². The van der Waals surface area contributed by atoms with Crippen molar-refractivity contribution < 1.29 is 27.1 Å². The number of benzene rings is 1. The van der Waals surface area contributed by atoms with Gasteiger partial charge in [-0.15, -0.1) is 0 Å². The Morgan fingerprint density at radius 1 is 1.32 bits per heavy atom. The van der Waals surface area contributed by atoms with Gasteiger partial charge in [-0.2, -0.15) is 0 Å². The molecule has 0 saturated carbocycles. The normalized spacial score (nSPS) is 11.5. The third-order valence-corrected chi connectivity index (χ3v) is 4.21. The Morgan fingerprint density at radius 3 is 2.53 bits per heavy atom. The summed E-state index contributed by atoms with van der Waals surface area (Å²) < 4.78 is 51.7. The topological polar surface area (TPSA) is 83.5 Å². The second kappa shape index (κ2) is 6.40. The lowest BCUT2D eigenvalue weighted by Crippen LogP contribution is -2.26. The number of carbonyl (C=O) groups is 1. The Hall–Kier alpha value is -1.06. The van der Waals surface area contributed by atoms with Crippen LogP contribution in [0.2, 0.25) is 0 Å². The standard InChI is InChI=1S/C10H10BrF2NO4S/c11-6-4-9(8(13)5-7(6)12)19(17,18)14-3-1-2-10(15)16/h4-5,14H,1-3H2,(H,15,16). The van der Waals surface area contributed by atoms with Gasteiger partial charge in [0.05, 0.1) is 4.47 Å². The first-order valence-electron chi connectivity index (χ1n) is 5.10. The molecular formula is C10H10BrF2NO4S. The van der Waals surface area contributed by atoms with E-state index in [0.29, 0.717) is 6.07 Å². The molecule has 0 aliphatic heterocycles. The molecule has 0 aliphatic rings. The van der Waals surface area contributed by atoms with Crippen molar-refractivity contribution in [1.29, 1.82) is 0 Å². The van der Waals surface area contributed by atoms with Gasteiger partial charge >= 0.3 is 5.97 Å². The molecular weight excluding hydrogens is 348 g/mol. The minimum atomic E-state index is -4.14. The number of halogens is 3. The third kappa shape index (κ3) is 4.51. The van der Waals surface area contributed by atoms with Crippen molar-refractivity contribution in [2.24, 2.45) is 0 Å². The van der Waals surface area contributed by atoms with Crippen LogP contribution >= 0.6 is 15.9 Å². The van der Waals surface area contributed by atoms with E-state index in [9.17, 15) is 22.0 Å². The number of nitrogens with one attached hydrogen (secondary N) is 1. The quantitative estimate of drug-likeness (QED) is 0.601. The molecule has 1 aromatic rings. The van der Waals surface area contributed by atoms with Crippen LogP contribution in [-0.2, 0) is 14.8 Å². The molecule has 0 unspecified atom stereocenters. The summed E-state index contributed by atoms with van der Waals surface area (Å²) in [5.41, 5.74) is 0. The summed E-state index contributed by atoms with van der Waals surface area (Å²) >= 11 is 2.76. The molecule has 0 aromatic heterocycles. The van der Waals surface area contributed by atoms with Gasteiger partial charge in [0, 0.05) is 19.0 Å². The van der Waals surface area contributed by atoms with Gasteiger partial charge in [-0.05, 0) is 28.4 Å². The minimum absolute atomic E-state index is 0.0680. The molecule has 5 nitrogen and oxygen atoms in total. The summed E-state index contributed by atoms with van der Waals surface area (Å²) in [6, 6.07) is 1.26. The molecule has 9 heteroatoms. The van der Waals surface area contributed by atoms with Gasteiger partial charge in [0.2, 0.25) is 10.0 Å². The lowest BCUT2D eigenvalue weighted by Gasteiger charge is -2.08. The largest absolute Gasteiger partial charge is 0.481 e. The van der Waals surface area contributed by atoms with E-state index in [-0.39, 0.29) is 23.9 Å². The van der Waals surface area contributed by atoms with Crippen molar-refractivity contribution in [2.75, 3.05) is 6.54 Å². The molecule has 0 radical (unpaired) electrons. The summed E-state index contributed by atoms with van der Waals surface area (Å²) in [7, 11) is -4.14. The molecule has 0 amide bonds. The first-order valence-corrected chi connectivity index (χ1v) is 7.37. The number of hydrogen-bond donors (Lipinski definition) is 2. The van der Waals surface area contributed by atoms with Crippen LogP contribution in [0.25, 0.3) is 0 Å². The highest BCUT2D eigenvalue weighted by molar-refractivity contribution is 9.10. The van der Waals surface area contributed by atoms with E-state index >= 15 is 0 Å². The zero-order valence-electron chi connectivity index (χ0n) is 9.49. The van der Waals surface area contributed by atoms with Crippen LogP contribution < -0.4 is 4.72 Å². The van der Waals surface area contributed by atoms with Crippen LogP contribution in [0.5, 0.6) is 0 Å². The van der Waals surface area contributed by atoms with Gasteiger partial charge in [-0.25, -0.2) is 21.9 Å². The highest BCUT2D eigenvalue weighted by atomic mass is 79.9. The number of carboxylic acids is 1. The number of sulfonamides is 1. The number of aliphatic carboxylic acids is 1. The lowest BCUT2D eigenvalue weighted by atomic mass is 10.3. The Labute approximate surface area is 116 Å². The highest BCUT2D eigenvalue weighted by Crippen LogP contribution is 2.23. The van der Waals surface area contributed by atoms with Crippen LogP contribution in [-0.4, -0.2) is 26.0 Å². The zero-order chi connectivity index (χ0) is 14.6. The van der Waals surface area contributed by atoms with Crippen LogP contribution in [0.15, 0.2) is 21.5 Å². The highest BCUT2D eigenvalue weighted by Gasteiger charge is 2.20. The van der Waals surface area contributed by atoms with E-state index < -0.39 is 32.5 Å². The summed E-state index contributed by atoms with van der Waals surface area (Å²) in [6.07, 6.45) is -0.142. The van der Waals surface area contributed by atoms with Crippen LogP contribution in [0.3, 0.4) is 0 Å². The maximum Gasteiger partial charge on any atom is 0.303 e. The summed E-state index contributed by atoms with van der Waals surface area (Å²) in [6.45, 7) is -0.150. The van der Waals surface area contributed by atoms with Crippen LogP contribution in [0.4, 0.5) is 8.78 Å². The van der Waals surface area contributed by atoms with Gasteiger partial charge in [0.15, 0.2) is 0 Å². The molecule has 0 aliphatic carbocycles. The molecule has 0 bridgehead atoms. The fourth-order valence-electron chi connectivity index (χ4n) is 1.23. The number of hydrogen-bond acceptors (Lipinski definition) is 3. The Bertz CT molecular complexity index is 591. The van der Waals surface area contributed by atoms with Crippen LogP contribution in [0, 0.1) is 11.6 Å². The average molecular weight is 358 g/mol. The Balaban J connectivity index is 2.83. The SMILES string of the molecule is O=C(O)CCCNS(=O)(=O)c1cc(Br)c(F)cc1F. The molecule has 1 rings (SSSR count). The van der Waals surface area contributed by atoms with Crippen molar-refractivity contribution in [3.63, 3.8) is 0 Å². The second-order valence-electron chi connectivity index (χ2n) is 3.59. The fourth-order valence-corrected chi connectivity index (χ4v) is 2.89. The van der Waals surface area contributed by atoms with Crippen molar-refractivity contribution in [3.05, 3.63) is 28.2 Å². The molecule has 0 heterocycles. The minimum Gasteiger partial charge on any atom is -0.481 e. The van der Waals surface area contributed by atoms with Gasteiger partial charge < -0.3 is 5.11 Å². The Kier molecular flexibility index (Phi) is 5.39. The smallest absolute Gasteiger partial charge is 0.303 e. The monoisotopic (exact) mass is 357 g/mol. The first-order chi connectivity index (χ1) is 8.74. The maximum atomic E-state index is 13.4. The molecule has 2 N–H and O–H groups in total. The fraction of sp³-hybridized carbons (Fsp3) is 0.300. The van der Waals surface area contributed by atoms with E-state index in [1.165, 1.54) is 0 Å². The first kappa shape index (κ1) is 16.0. The van der Waals surface area contributed by atoms with E-state index in [0.717, 1.165) is 6.07 Å². The summed E-state index contributed by atoms with van der Waals surface area (Å²) in [5, 5.41) is 8.39. The molecule has 0 fully saturated rings. The van der Waals surface area contributed by atoms with Crippen molar-refractivity contribution in [3.8, 4) is 0 Å². The van der Waals surface area contributed by atoms with Crippen molar-refractivity contribution >= 4 is 31.9 Å². The van der Waals surface area contributed by atoms with Crippen molar-refractivity contribution in [2.45, 2.75) is 17.7 Å². The Morgan fingerprint density at radius 2 is 1.95 bits per heavy atom. The van der Waals surface area contributed by atoms with E-state index in [4.69, 9.17) is 5.11 Å². The third-order valence-electron chi connectivity index (χ3n) is 2.12. The van der Waals surface area contributed by atoms with Gasteiger partial charge in [-0.1, -0.05) is 0 Å². The molecule has 106 valence electrons. The van der Waals surface area contributed by atoms with E-state index in [2.05, 4.69) is 15.9 Å². The number of carboxylic acid groups (broad SMARTS) is 1.